The zero-order valence-corrected chi connectivity index (χ0v) is 20.2. The van der Waals surface area contributed by atoms with Crippen molar-refractivity contribution in [2.75, 3.05) is 24.4 Å². The first-order chi connectivity index (χ1) is 17.5. The van der Waals surface area contributed by atoms with Crippen molar-refractivity contribution in [2.24, 2.45) is 0 Å². The average Bonchev–Trinajstić information content (AvgIpc) is 3.61. The molecule has 4 rings (SSSR count). The minimum atomic E-state index is -0.507. The van der Waals surface area contributed by atoms with Gasteiger partial charge in [0.2, 0.25) is 24.1 Å². The zero-order valence-electron chi connectivity index (χ0n) is 20.2. The van der Waals surface area contributed by atoms with E-state index in [9.17, 15) is 14.9 Å². The number of methoxy groups -OCH3 is 2. The summed E-state index contributed by atoms with van der Waals surface area (Å²) in [6.45, 7) is 1.96. The molecule has 1 unspecified atom stereocenters. The highest BCUT2D eigenvalue weighted by Gasteiger charge is 2.37. The van der Waals surface area contributed by atoms with Crippen molar-refractivity contribution >= 4 is 29.1 Å². The normalized spacial score (nSPS) is 14.3. The quantitative estimate of drug-likeness (QED) is 0.242. The Morgan fingerprint density at radius 2 is 2.11 bits per heavy atom. The minimum Gasteiger partial charge on any atom is -0.495 e. The second kappa shape index (κ2) is 11.0. The van der Waals surface area contributed by atoms with Crippen LogP contribution in [-0.4, -0.2) is 51.3 Å². The lowest BCUT2D eigenvalue weighted by Gasteiger charge is -2.34. The number of benzene rings is 1. The highest BCUT2D eigenvalue weighted by atomic mass is 16.6. The molecule has 0 bridgehead atoms. The number of nitro groups is 1. The Morgan fingerprint density at radius 3 is 2.72 bits per heavy atom. The summed E-state index contributed by atoms with van der Waals surface area (Å²) in [7, 11) is 2.75. The van der Waals surface area contributed by atoms with Crippen molar-refractivity contribution < 1.29 is 23.6 Å². The van der Waals surface area contributed by atoms with Crippen molar-refractivity contribution in [3.05, 3.63) is 52.4 Å². The predicted molar refractivity (Wildman–Crippen MR) is 128 cm³/mol. The molecule has 1 N–H and O–H groups in total. The van der Waals surface area contributed by atoms with E-state index in [0.29, 0.717) is 29.3 Å². The van der Waals surface area contributed by atoms with Gasteiger partial charge in [-0.1, -0.05) is 19.8 Å². The molecule has 2 heterocycles. The van der Waals surface area contributed by atoms with Gasteiger partial charge in [0.1, 0.15) is 18.0 Å². The summed E-state index contributed by atoms with van der Waals surface area (Å²) in [4.78, 5) is 34.1. The van der Waals surface area contributed by atoms with Gasteiger partial charge in [-0.2, -0.15) is 4.98 Å². The molecule has 0 spiro atoms. The summed E-state index contributed by atoms with van der Waals surface area (Å²) in [6, 6.07) is 4.32. The summed E-state index contributed by atoms with van der Waals surface area (Å²) in [5.41, 5.74) is 0.558. The molecule has 190 valence electrons. The molecule has 0 saturated heterocycles. The van der Waals surface area contributed by atoms with Crippen molar-refractivity contribution in [1.82, 2.24) is 20.2 Å². The van der Waals surface area contributed by atoms with E-state index in [4.69, 9.17) is 13.9 Å². The van der Waals surface area contributed by atoms with Crippen LogP contribution in [0.3, 0.4) is 0 Å². The number of ether oxygens (including phenoxy) is 2. The van der Waals surface area contributed by atoms with E-state index in [1.54, 1.807) is 12.1 Å². The summed E-state index contributed by atoms with van der Waals surface area (Å²) in [6.07, 6.45) is 6.74. The number of hydrogen-bond donors (Lipinski definition) is 1. The lowest BCUT2D eigenvalue weighted by atomic mass is 10.1. The number of nitrogens with zero attached hydrogens (tertiary/aromatic N) is 6. The fourth-order valence-electron chi connectivity index (χ4n) is 4.48. The Balaban J connectivity index is 1.77. The van der Waals surface area contributed by atoms with Crippen LogP contribution in [-0.2, 0) is 4.74 Å². The lowest BCUT2D eigenvalue weighted by Crippen LogP contribution is -2.38. The Labute approximate surface area is 207 Å². The van der Waals surface area contributed by atoms with Crippen LogP contribution in [0.2, 0.25) is 0 Å². The first-order valence-electron chi connectivity index (χ1n) is 11.6. The molecule has 1 atom stereocenters. The molecule has 1 aliphatic rings. The van der Waals surface area contributed by atoms with Crippen LogP contribution in [0.25, 0.3) is 0 Å². The van der Waals surface area contributed by atoms with Gasteiger partial charge in [0.05, 0.1) is 30.4 Å². The molecule has 0 amide bonds. The van der Waals surface area contributed by atoms with Gasteiger partial charge in [0.15, 0.2) is 0 Å². The smallest absolute Gasteiger partial charge is 0.337 e. The van der Waals surface area contributed by atoms with Gasteiger partial charge in [-0.3, -0.25) is 10.1 Å². The summed E-state index contributed by atoms with van der Waals surface area (Å²) in [5, 5.41) is 22.9. The lowest BCUT2D eigenvalue weighted by molar-refractivity contribution is -0.384. The number of carbonyl (C=O) groups is 1. The van der Waals surface area contributed by atoms with E-state index >= 15 is 0 Å². The van der Waals surface area contributed by atoms with E-state index in [1.807, 2.05) is 11.8 Å². The third-order valence-electron chi connectivity index (χ3n) is 6.16. The van der Waals surface area contributed by atoms with Crippen LogP contribution in [0.5, 0.6) is 5.75 Å². The highest BCUT2D eigenvalue weighted by molar-refractivity contribution is 5.91. The van der Waals surface area contributed by atoms with E-state index in [-0.39, 0.29) is 23.5 Å². The maximum Gasteiger partial charge on any atom is 0.337 e. The van der Waals surface area contributed by atoms with Gasteiger partial charge in [-0.25, -0.2) is 9.78 Å². The SMILES string of the molecule is CCC(c1nnco1)N(c1nc(Nc2ccc(C(=O)OC)cc2OC)ncc1[N+](=O)[O-])C1CCCC1. The number of nitrogens with one attached hydrogen (secondary N) is 1. The molecule has 36 heavy (non-hydrogen) atoms. The van der Waals surface area contributed by atoms with Gasteiger partial charge in [-0.05, 0) is 37.5 Å². The van der Waals surface area contributed by atoms with Crippen molar-refractivity contribution in [1.29, 1.82) is 0 Å². The molecule has 1 aliphatic carbocycles. The average molecular weight is 498 g/mol. The van der Waals surface area contributed by atoms with E-state index in [2.05, 4.69) is 25.5 Å². The summed E-state index contributed by atoms with van der Waals surface area (Å²) in [5.74, 6) is 0.508. The van der Waals surface area contributed by atoms with Gasteiger partial charge >= 0.3 is 11.7 Å². The molecule has 1 saturated carbocycles. The van der Waals surface area contributed by atoms with Crippen LogP contribution in [0.1, 0.15) is 61.3 Å². The van der Waals surface area contributed by atoms with Crippen LogP contribution in [0.15, 0.2) is 35.2 Å². The third-order valence-corrected chi connectivity index (χ3v) is 6.16. The predicted octanol–water partition coefficient (Wildman–Crippen LogP) is 4.21. The van der Waals surface area contributed by atoms with Crippen LogP contribution < -0.4 is 15.0 Å². The first kappa shape index (κ1) is 24.8. The fraction of sp³-hybridized carbons (Fsp3) is 0.435. The number of hydrogen-bond acceptors (Lipinski definition) is 12. The standard InChI is InChI=1S/C23H27N7O6/c1-4-17(21-28-25-13-36-21)29(15-7-5-6-8-15)20-18(30(32)33)12-24-23(27-20)26-16-10-9-14(22(31)35-3)11-19(16)34-2/h9-13,15,17H,4-8H2,1-3H3,(H,24,26,27). The molecule has 0 radical (unpaired) electrons. The number of esters is 1. The molecule has 1 aromatic carbocycles. The van der Waals surface area contributed by atoms with E-state index in [1.165, 1.54) is 32.9 Å². The van der Waals surface area contributed by atoms with Crippen LogP contribution >= 0.6 is 0 Å². The Hall–Kier alpha value is -4.29. The number of carbonyl (C=O) groups excluding carboxylic acids is 1. The van der Waals surface area contributed by atoms with E-state index in [0.717, 1.165) is 25.7 Å². The molecule has 2 aromatic heterocycles. The van der Waals surface area contributed by atoms with Gasteiger partial charge in [0, 0.05) is 6.04 Å². The van der Waals surface area contributed by atoms with Crippen LogP contribution in [0.4, 0.5) is 23.1 Å². The topological polar surface area (TPSA) is 159 Å². The molecule has 3 aromatic rings. The monoisotopic (exact) mass is 497 g/mol. The van der Waals surface area contributed by atoms with Gasteiger partial charge in [-0.15, -0.1) is 10.2 Å². The maximum absolute atomic E-state index is 12.0. The molecular weight excluding hydrogens is 470 g/mol. The third kappa shape index (κ3) is 5.04. The van der Waals surface area contributed by atoms with Crippen molar-refractivity contribution in [3.8, 4) is 5.75 Å². The molecule has 13 heteroatoms. The van der Waals surface area contributed by atoms with Gasteiger partial charge in [0.25, 0.3) is 0 Å². The van der Waals surface area contributed by atoms with Crippen LogP contribution in [0, 0.1) is 10.1 Å². The maximum atomic E-state index is 12.0. The Bertz CT molecular complexity index is 1210. The van der Waals surface area contributed by atoms with Gasteiger partial charge < -0.3 is 24.1 Å². The number of rotatable bonds is 10. The highest BCUT2D eigenvalue weighted by Crippen LogP contribution is 2.40. The van der Waals surface area contributed by atoms with Crippen molar-refractivity contribution in [2.45, 2.75) is 51.1 Å². The minimum absolute atomic E-state index is 0.0113. The first-order valence-corrected chi connectivity index (χ1v) is 11.6. The molecule has 13 nitrogen and oxygen atoms in total. The number of anilines is 3. The largest absolute Gasteiger partial charge is 0.495 e. The Kier molecular flexibility index (Phi) is 7.56. The Morgan fingerprint density at radius 1 is 1.33 bits per heavy atom. The summed E-state index contributed by atoms with van der Waals surface area (Å²) < 4.78 is 15.7. The second-order valence-corrected chi connectivity index (χ2v) is 8.24. The zero-order chi connectivity index (χ0) is 25.7. The molecular formula is C23H27N7O6. The number of aromatic nitrogens is 4. The van der Waals surface area contributed by atoms with Crippen molar-refractivity contribution in [3.63, 3.8) is 0 Å². The fourth-order valence-corrected chi connectivity index (χ4v) is 4.48. The van der Waals surface area contributed by atoms with E-state index < -0.39 is 16.9 Å². The summed E-state index contributed by atoms with van der Waals surface area (Å²) >= 11 is 0. The molecule has 1 fully saturated rings. The molecule has 0 aliphatic heterocycles. The second-order valence-electron chi connectivity index (χ2n) is 8.24.